The third kappa shape index (κ3) is 6.22. The maximum absolute atomic E-state index is 5.84. The molecule has 0 heterocycles. The summed E-state index contributed by atoms with van der Waals surface area (Å²) in [7, 11) is 1.76. The Hall–Kier alpha value is -0.0400. The van der Waals surface area contributed by atoms with Crippen LogP contribution in [0.5, 0.6) is 0 Å². The summed E-state index contributed by atoms with van der Waals surface area (Å²) in [6, 6.07) is 0. The zero-order chi connectivity index (χ0) is 12.7. The Bertz CT molecular complexity index is 253. The standard InChI is InChI=1S/C13H27N3O.HI/c1-11(2)9-15-12(14)16-10-13(5-4-6-13)7-8-17-3;/h11H,4-10H2,1-3H3,(H3,14,15,16);1H. The van der Waals surface area contributed by atoms with Crippen LogP contribution in [0.3, 0.4) is 0 Å². The molecular weight excluding hydrogens is 341 g/mol. The first-order valence-corrected chi connectivity index (χ1v) is 6.61. The first kappa shape index (κ1) is 18.0. The maximum atomic E-state index is 5.84. The summed E-state index contributed by atoms with van der Waals surface area (Å²) in [6.07, 6.45) is 4.94. The predicted octanol–water partition coefficient (Wildman–Crippen LogP) is 2.37. The van der Waals surface area contributed by atoms with Crippen molar-refractivity contribution >= 4 is 29.9 Å². The van der Waals surface area contributed by atoms with Gasteiger partial charge in [0.25, 0.3) is 0 Å². The molecule has 0 aromatic carbocycles. The highest BCUT2D eigenvalue weighted by molar-refractivity contribution is 14.0. The van der Waals surface area contributed by atoms with Crippen LogP contribution < -0.4 is 11.1 Å². The van der Waals surface area contributed by atoms with Crippen molar-refractivity contribution in [3.8, 4) is 0 Å². The van der Waals surface area contributed by atoms with Gasteiger partial charge < -0.3 is 15.8 Å². The fourth-order valence-electron chi connectivity index (χ4n) is 2.10. The molecule has 0 bridgehead atoms. The maximum Gasteiger partial charge on any atom is 0.188 e. The largest absolute Gasteiger partial charge is 0.385 e. The average molecular weight is 369 g/mol. The predicted molar refractivity (Wildman–Crippen MR) is 87.5 cm³/mol. The lowest BCUT2D eigenvalue weighted by molar-refractivity contribution is 0.0779. The molecular formula is C13H28IN3O. The summed E-state index contributed by atoms with van der Waals surface area (Å²) in [4.78, 5) is 4.47. The van der Waals surface area contributed by atoms with E-state index in [1.54, 1.807) is 7.11 Å². The van der Waals surface area contributed by atoms with Crippen LogP contribution in [0.1, 0.15) is 39.5 Å². The van der Waals surface area contributed by atoms with Gasteiger partial charge in [-0.25, -0.2) is 0 Å². The highest BCUT2D eigenvalue weighted by Gasteiger charge is 2.36. The molecule has 18 heavy (non-hydrogen) atoms. The lowest BCUT2D eigenvalue weighted by atomic mass is 9.67. The van der Waals surface area contributed by atoms with Crippen LogP contribution in [-0.2, 0) is 4.74 Å². The van der Waals surface area contributed by atoms with Crippen LogP contribution in [0.15, 0.2) is 4.99 Å². The third-order valence-corrected chi connectivity index (χ3v) is 3.53. The van der Waals surface area contributed by atoms with E-state index in [1.165, 1.54) is 19.3 Å². The first-order valence-electron chi connectivity index (χ1n) is 6.61. The molecule has 1 aliphatic rings. The number of halogens is 1. The highest BCUT2D eigenvalue weighted by Crippen LogP contribution is 2.44. The van der Waals surface area contributed by atoms with E-state index < -0.39 is 0 Å². The lowest BCUT2D eigenvalue weighted by Gasteiger charge is -2.40. The number of hydrogen-bond acceptors (Lipinski definition) is 2. The molecule has 108 valence electrons. The SMILES string of the molecule is COCCC1(CN=C(N)NCC(C)C)CCC1.I. The van der Waals surface area contributed by atoms with E-state index in [2.05, 4.69) is 24.2 Å². The van der Waals surface area contributed by atoms with E-state index >= 15 is 0 Å². The van der Waals surface area contributed by atoms with Gasteiger partial charge in [-0.3, -0.25) is 4.99 Å². The first-order chi connectivity index (χ1) is 8.08. The molecule has 0 radical (unpaired) electrons. The van der Waals surface area contributed by atoms with Gasteiger partial charge in [0.05, 0.1) is 0 Å². The molecule has 0 aromatic rings. The molecule has 0 amide bonds. The molecule has 3 N–H and O–H groups in total. The molecule has 1 rings (SSSR count). The van der Waals surface area contributed by atoms with Crippen LogP contribution in [0.2, 0.25) is 0 Å². The summed E-state index contributed by atoms with van der Waals surface area (Å²) in [5, 5.41) is 3.16. The molecule has 5 heteroatoms. The minimum atomic E-state index is 0. The molecule has 1 saturated carbocycles. The number of hydrogen-bond donors (Lipinski definition) is 2. The van der Waals surface area contributed by atoms with Crippen molar-refractivity contribution in [2.45, 2.75) is 39.5 Å². The molecule has 4 nitrogen and oxygen atoms in total. The van der Waals surface area contributed by atoms with Crippen LogP contribution in [0.25, 0.3) is 0 Å². The second-order valence-corrected chi connectivity index (χ2v) is 5.57. The van der Waals surface area contributed by atoms with E-state index in [1.807, 2.05) is 0 Å². The molecule has 0 aromatic heterocycles. The Morgan fingerprint density at radius 2 is 2.11 bits per heavy atom. The van der Waals surface area contributed by atoms with Crippen molar-refractivity contribution < 1.29 is 4.74 Å². The summed E-state index contributed by atoms with van der Waals surface area (Å²) < 4.78 is 5.16. The Morgan fingerprint density at radius 1 is 1.44 bits per heavy atom. The van der Waals surface area contributed by atoms with Gasteiger partial charge in [0.15, 0.2) is 5.96 Å². The zero-order valence-corrected chi connectivity index (χ0v) is 14.2. The van der Waals surface area contributed by atoms with Crippen molar-refractivity contribution in [1.29, 1.82) is 0 Å². The van der Waals surface area contributed by atoms with Crippen LogP contribution in [-0.4, -0.2) is 32.8 Å². The van der Waals surface area contributed by atoms with E-state index in [0.29, 0.717) is 17.3 Å². The van der Waals surface area contributed by atoms with Crippen molar-refractivity contribution in [3.05, 3.63) is 0 Å². The molecule has 0 spiro atoms. The summed E-state index contributed by atoms with van der Waals surface area (Å²) in [5.74, 6) is 1.18. The Balaban J connectivity index is 0.00000289. The van der Waals surface area contributed by atoms with E-state index in [-0.39, 0.29) is 24.0 Å². The molecule has 0 saturated heterocycles. The number of guanidine groups is 1. The van der Waals surface area contributed by atoms with Crippen LogP contribution >= 0.6 is 24.0 Å². The molecule has 0 aliphatic heterocycles. The van der Waals surface area contributed by atoms with Gasteiger partial charge in [-0.1, -0.05) is 20.3 Å². The lowest BCUT2D eigenvalue weighted by Crippen LogP contribution is -2.38. The number of nitrogens with zero attached hydrogens (tertiary/aromatic N) is 1. The molecule has 1 aliphatic carbocycles. The number of rotatable bonds is 7. The van der Waals surface area contributed by atoms with E-state index in [9.17, 15) is 0 Å². The van der Waals surface area contributed by atoms with Gasteiger partial charge in [0.2, 0.25) is 0 Å². The smallest absolute Gasteiger partial charge is 0.188 e. The van der Waals surface area contributed by atoms with Gasteiger partial charge in [-0.05, 0) is 30.6 Å². The second kappa shape index (κ2) is 8.96. The second-order valence-electron chi connectivity index (χ2n) is 5.57. The van der Waals surface area contributed by atoms with Crippen LogP contribution in [0.4, 0.5) is 0 Å². The van der Waals surface area contributed by atoms with Gasteiger partial charge in [0, 0.05) is 26.8 Å². The zero-order valence-electron chi connectivity index (χ0n) is 11.9. The quantitative estimate of drug-likeness (QED) is 0.412. The summed E-state index contributed by atoms with van der Waals surface area (Å²) >= 11 is 0. The average Bonchev–Trinajstić information content (AvgIpc) is 2.24. The molecule has 1 fully saturated rings. The fraction of sp³-hybridized carbons (Fsp3) is 0.923. The van der Waals surface area contributed by atoms with E-state index in [0.717, 1.165) is 26.1 Å². The number of nitrogens with two attached hydrogens (primary N) is 1. The monoisotopic (exact) mass is 369 g/mol. The molecule has 0 unspecified atom stereocenters. The molecule has 0 atom stereocenters. The number of methoxy groups -OCH3 is 1. The van der Waals surface area contributed by atoms with Crippen LogP contribution in [0, 0.1) is 11.3 Å². The normalized spacial score (nSPS) is 18.1. The topological polar surface area (TPSA) is 59.6 Å². The Labute approximate surface area is 128 Å². The summed E-state index contributed by atoms with van der Waals surface area (Å²) in [6.45, 7) is 6.88. The van der Waals surface area contributed by atoms with Crippen molar-refractivity contribution in [2.24, 2.45) is 22.1 Å². The summed E-state index contributed by atoms with van der Waals surface area (Å²) in [5.41, 5.74) is 6.21. The van der Waals surface area contributed by atoms with Gasteiger partial charge >= 0.3 is 0 Å². The number of ether oxygens (including phenoxy) is 1. The van der Waals surface area contributed by atoms with Crippen molar-refractivity contribution in [3.63, 3.8) is 0 Å². The Morgan fingerprint density at radius 3 is 2.56 bits per heavy atom. The van der Waals surface area contributed by atoms with Gasteiger partial charge in [-0.15, -0.1) is 24.0 Å². The fourth-order valence-corrected chi connectivity index (χ4v) is 2.10. The van der Waals surface area contributed by atoms with E-state index in [4.69, 9.17) is 10.5 Å². The van der Waals surface area contributed by atoms with Gasteiger partial charge in [0.1, 0.15) is 0 Å². The van der Waals surface area contributed by atoms with Crippen molar-refractivity contribution in [1.82, 2.24) is 5.32 Å². The highest BCUT2D eigenvalue weighted by atomic mass is 127. The number of aliphatic imine (C=N–C) groups is 1. The third-order valence-electron chi connectivity index (χ3n) is 3.53. The minimum Gasteiger partial charge on any atom is -0.385 e. The van der Waals surface area contributed by atoms with Gasteiger partial charge in [-0.2, -0.15) is 0 Å². The minimum absolute atomic E-state index is 0. The number of nitrogens with one attached hydrogen (secondary N) is 1. The van der Waals surface area contributed by atoms with Crippen molar-refractivity contribution in [2.75, 3.05) is 26.8 Å². The Kier molecular flexibility index (Phi) is 8.94.